The van der Waals surface area contributed by atoms with Crippen LogP contribution in [-0.2, 0) is 19.5 Å². The van der Waals surface area contributed by atoms with Gasteiger partial charge in [0.2, 0.25) is 0 Å². The minimum Gasteiger partial charge on any atom is -0.469 e. The number of hydrogen-bond donors (Lipinski definition) is 2. The van der Waals surface area contributed by atoms with Crippen molar-refractivity contribution < 1.29 is 4.42 Å². The first kappa shape index (κ1) is 21.5. The fraction of sp³-hybridized carbons (Fsp3) is 0.421. The third-order valence-electron chi connectivity index (χ3n) is 3.91. The molecular formula is C19H29IN4O. The maximum absolute atomic E-state index is 5.33. The summed E-state index contributed by atoms with van der Waals surface area (Å²) >= 11 is 0. The number of aliphatic imine (C=N–C) groups is 1. The van der Waals surface area contributed by atoms with E-state index in [9.17, 15) is 0 Å². The van der Waals surface area contributed by atoms with E-state index in [1.165, 1.54) is 11.1 Å². The van der Waals surface area contributed by atoms with Crippen LogP contribution in [0.3, 0.4) is 0 Å². The van der Waals surface area contributed by atoms with Crippen molar-refractivity contribution in [2.75, 3.05) is 27.2 Å². The molecule has 0 amide bonds. The Morgan fingerprint density at radius 1 is 1.16 bits per heavy atom. The molecule has 2 aromatic rings. The Morgan fingerprint density at radius 3 is 2.64 bits per heavy atom. The second-order valence-corrected chi connectivity index (χ2v) is 5.83. The standard InChI is InChI=1S/C19H28N4O.HI/c1-4-23(3)15-17-8-5-7-16(13-17)14-22-19(20-2)21-11-10-18-9-6-12-24-18;/h5-9,12-13H,4,10-11,14-15H2,1-3H3,(H2,20,21,22);1H. The first-order valence-electron chi connectivity index (χ1n) is 8.44. The van der Waals surface area contributed by atoms with Gasteiger partial charge in [0.25, 0.3) is 0 Å². The maximum Gasteiger partial charge on any atom is 0.191 e. The first-order chi connectivity index (χ1) is 11.7. The monoisotopic (exact) mass is 456 g/mol. The van der Waals surface area contributed by atoms with Crippen molar-refractivity contribution in [2.24, 2.45) is 4.99 Å². The average molecular weight is 456 g/mol. The van der Waals surface area contributed by atoms with E-state index in [1.807, 2.05) is 12.1 Å². The molecule has 0 spiro atoms. The summed E-state index contributed by atoms with van der Waals surface area (Å²) in [5.74, 6) is 1.78. The van der Waals surface area contributed by atoms with E-state index >= 15 is 0 Å². The summed E-state index contributed by atoms with van der Waals surface area (Å²) in [4.78, 5) is 6.55. The van der Waals surface area contributed by atoms with Crippen molar-refractivity contribution in [1.29, 1.82) is 0 Å². The molecule has 0 saturated carbocycles. The molecule has 0 radical (unpaired) electrons. The summed E-state index contributed by atoms with van der Waals surface area (Å²) in [5.41, 5.74) is 2.59. The van der Waals surface area contributed by atoms with Gasteiger partial charge in [0.1, 0.15) is 5.76 Å². The molecule has 1 aromatic carbocycles. The Kier molecular flexibility index (Phi) is 10.3. The van der Waals surface area contributed by atoms with E-state index in [0.29, 0.717) is 0 Å². The summed E-state index contributed by atoms with van der Waals surface area (Å²) in [6, 6.07) is 12.6. The van der Waals surface area contributed by atoms with Gasteiger partial charge in [-0.2, -0.15) is 0 Å². The number of benzene rings is 1. The van der Waals surface area contributed by atoms with Gasteiger partial charge < -0.3 is 20.0 Å². The van der Waals surface area contributed by atoms with Crippen LogP contribution in [0.4, 0.5) is 0 Å². The highest BCUT2D eigenvalue weighted by Gasteiger charge is 2.02. The van der Waals surface area contributed by atoms with Gasteiger partial charge in [-0.05, 0) is 36.9 Å². The van der Waals surface area contributed by atoms with Crippen LogP contribution in [0.1, 0.15) is 23.8 Å². The lowest BCUT2D eigenvalue weighted by Gasteiger charge is -2.15. The fourth-order valence-corrected chi connectivity index (χ4v) is 2.43. The average Bonchev–Trinajstić information content (AvgIpc) is 3.11. The molecule has 0 atom stereocenters. The van der Waals surface area contributed by atoms with Gasteiger partial charge in [-0.25, -0.2) is 0 Å². The molecule has 0 saturated heterocycles. The number of nitrogens with zero attached hydrogens (tertiary/aromatic N) is 2. The Morgan fingerprint density at radius 2 is 1.96 bits per heavy atom. The lowest BCUT2D eigenvalue weighted by atomic mass is 10.1. The van der Waals surface area contributed by atoms with E-state index < -0.39 is 0 Å². The largest absolute Gasteiger partial charge is 0.469 e. The van der Waals surface area contributed by atoms with Gasteiger partial charge in [0.15, 0.2) is 5.96 Å². The quantitative estimate of drug-likeness (QED) is 0.364. The summed E-state index contributed by atoms with van der Waals surface area (Å²) in [6.07, 6.45) is 2.54. The van der Waals surface area contributed by atoms with Crippen LogP contribution in [-0.4, -0.2) is 38.0 Å². The highest BCUT2D eigenvalue weighted by atomic mass is 127. The first-order valence-corrected chi connectivity index (χ1v) is 8.44. The summed E-state index contributed by atoms with van der Waals surface area (Å²) in [6.45, 7) is 5.73. The predicted octanol–water partition coefficient (Wildman–Crippen LogP) is 3.26. The topological polar surface area (TPSA) is 52.8 Å². The zero-order valence-electron chi connectivity index (χ0n) is 15.3. The van der Waals surface area contributed by atoms with E-state index in [0.717, 1.165) is 44.3 Å². The lowest BCUT2D eigenvalue weighted by molar-refractivity contribution is 0.345. The van der Waals surface area contributed by atoms with Crippen LogP contribution < -0.4 is 10.6 Å². The van der Waals surface area contributed by atoms with Crippen LogP contribution >= 0.6 is 24.0 Å². The Hall–Kier alpha value is -1.54. The molecule has 0 bridgehead atoms. The molecule has 0 aliphatic heterocycles. The van der Waals surface area contributed by atoms with Gasteiger partial charge in [0.05, 0.1) is 6.26 Å². The van der Waals surface area contributed by atoms with Gasteiger partial charge in [-0.1, -0.05) is 31.2 Å². The molecule has 2 N–H and O–H groups in total. The van der Waals surface area contributed by atoms with Crippen molar-refractivity contribution in [3.8, 4) is 0 Å². The molecule has 0 aliphatic rings. The van der Waals surface area contributed by atoms with Crippen molar-refractivity contribution in [1.82, 2.24) is 15.5 Å². The normalized spacial score (nSPS) is 11.3. The minimum atomic E-state index is 0. The number of guanidine groups is 1. The lowest BCUT2D eigenvalue weighted by Crippen LogP contribution is -2.37. The van der Waals surface area contributed by atoms with E-state index in [2.05, 4.69) is 58.8 Å². The second-order valence-electron chi connectivity index (χ2n) is 5.83. The second kappa shape index (κ2) is 11.9. The zero-order valence-corrected chi connectivity index (χ0v) is 17.6. The van der Waals surface area contributed by atoms with Gasteiger partial charge >= 0.3 is 0 Å². The molecule has 0 fully saturated rings. The van der Waals surface area contributed by atoms with Crippen LogP contribution in [0.15, 0.2) is 52.1 Å². The fourth-order valence-electron chi connectivity index (χ4n) is 2.43. The number of furan rings is 1. The van der Waals surface area contributed by atoms with Gasteiger partial charge in [-0.3, -0.25) is 4.99 Å². The summed E-state index contributed by atoms with van der Waals surface area (Å²) in [7, 11) is 3.92. The molecule has 138 valence electrons. The summed E-state index contributed by atoms with van der Waals surface area (Å²) < 4.78 is 5.33. The molecule has 5 nitrogen and oxygen atoms in total. The number of hydrogen-bond acceptors (Lipinski definition) is 3. The minimum absolute atomic E-state index is 0. The zero-order chi connectivity index (χ0) is 17.2. The van der Waals surface area contributed by atoms with Crippen molar-refractivity contribution in [3.63, 3.8) is 0 Å². The third-order valence-corrected chi connectivity index (χ3v) is 3.91. The third kappa shape index (κ3) is 7.92. The van der Waals surface area contributed by atoms with E-state index in [1.54, 1.807) is 13.3 Å². The van der Waals surface area contributed by atoms with Crippen LogP contribution in [0.5, 0.6) is 0 Å². The maximum atomic E-state index is 5.33. The SMILES string of the molecule is CCN(C)Cc1cccc(CNC(=NC)NCCc2ccco2)c1.I. The molecule has 0 unspecified atom stereocenters. The molecule has 2 rings (SSSR count). The number of nitrogens with one attached hydrogen (secondary N) is 2. The van der Waals surface area contributed by atoms with E-state index in [-0.39, 0.29) is 24.0 Å². The summed E-state index contributed by atoms with van der Waals surface area (Å²) in [5, 5.41) is 6.66. The van der Waals surface area contributed by atoms with Crippen LogP contribution in [0.25, 0.3) is 0 Å². The van der Waals surface area contributed by atoms with Crippen molar-refractivity contribution in [2.45, 2.75) is 26.4 Å². The Bertz CT molecular complexity index is 628. The van der Waals surface area contributed by atoms with Gasteiger partial charge in [0, 0.05) is 33.1 Å². The van der Waals surface area contributed by atoms with Crippen LogP contribution in [0, 0.1) is 0 Å². The Labute approximate surface area is 167 Å². The number of rotatable bonds is 8. The van der Waals surface area contributed by atoms with Gasteiger partial charge in [-0.15, -0.1) is 24.0 Å². The van der Waals surface area contributed by atoms with Crippen molar-refractivity contribution in [3.05, 3.63) is 59.5 Å². The predicted molar refractivity (Wildman–Crippen MR) is 114 cm³/mol. The molecular weight excluding hydrogens is 427 g/mol. The van der Waals surface area contributed by atoms with Crippen molar-refractivity contribution >= 4 is 29.9 Å². The molecule has 0 aliphatic carbocycles. The Balaban J connectivity index is 0.00000312. The van der Waals surface area contributed by atoms with E-state index in [4.69, 9.17) is 4.42 Å². The number of halogens is 1. The molecule has 25 heavy (non-hydrogen) atoms. The molecule has 1 aromatic heterocycles. The molecule has 6 heteroatoms. The highest BCUT2D eigenvalue weighted by Crippen LogP contribution is 2.07. The van der Waals surface area contributed by atoms with Crippen LogP contribution in [0.2, 0.25) is 0 Å². The smallest absolute Gasteiger partial charge is 0.191 e. The molecule has 1 heterocycles. The highest BCUT2D eigenvalue weighted by molar-refractivity contribution is 14.0.